The van der Waals surface area contributed by atoms with Gasteiger partial charge in [-0.05, 0) is 12.1 Å². The summed E-state index contributed by atoms with van der Waals surface area (Å²) >= 11 is 1.64. The molecule has 4 nitrogen and oxygen atoms in total. The van der Waals surface area contributed by atoms with E-state index in [1.807, 2.05) is 17.5 Å². The standard InChI is InChI=1S/C10H13N3OS/c11-5-8-1-2-9(14-8)6-12-7-10-13-3-4-15-10/h1-4,12H,5-7,11H2. The van der Waals surface area contributed by atoms with Gasteiger partial charge >= 0.3 is 0 Å². The molecule has 15 heavy (non-hydrogen) atoms. The Balaban J connectivity index is 1.78. The molecule has 0 aromatic carbocycles. The second kappa shape index (κ2) is 5.06. The summed E-state index contributed by atoms with van der Waals surface area (Å²) in [7, 11) is 0. The van der Waals surface area contributed by atoms with Crippen molar-refractivity contribution in [3.63, 3.8) is 0 Å². The van der Waals surface area contributed by atoms with Gasteiger partial charge in [0.05, 0.1) is 13.1 Å². The Hall–Kier alpha value is -1.17. The van der Waals surface area contributed by atoms with E-state index in [0.29, 0.717) is 13.1 Å². The summed E-state index contributed by atoms with van der Waals surface area (Å²) in [5.74, 6) is 1.73. The van der Waals surface area contributed by atoms with Crippen LogP contribution in [0.25, 0.3) is 0 Å². The first-order valence-corrected chi connectivity index (χ1v) is 5.63. The Morgan fingerprint density at radius 2 is 2.20 bits per heavy atom. The first-order valence-electron chi connectivity index (χ1n) is 4.75. The second-order valence-electron chi connectivity index (χ2n) is 3.10. The van der Waals surface area contributed by atoms with E-state index in [1.54, 1.807) is 17.5 Å². The number of nitrogens with one attached hydrogen (secondary N) is 1. The summed E-state index contributed by atoms with van der Waals surface area (Å²) in [6.45, 7) is 1.93. The van der Waals surface area contributed by atoms with E-state index in [0.717, 1.165) is 23.1 Å². The van der Waals surface area contributed by atoms with Crippen molar-refractivity contribution >= 4 is 11.3 Å². The topological polar surface area (TPSA) is 64.1 Å². The van der Waals surface area contributed by atoms with Crippen LogP contribution < -0.4 is 11.1 Å². The molecule has 2 heterocycles. The van der Waals surface area contributed by atoms with Gasteiger partial charge in [-0.3, -0.25) is 0 Å². The molecule has 2 aromatic heterocycles. The molecule has 5 heteroatoms. The maximum absolute atomic E-state index is 5.45. The number of nitrogens with two attached hydrogens (primary N) is 1. The van der Waals surface area contributed by atoms with E-state index in [4.69, 9.17) is 10.2 Å². The molecule has 0 bridgehead atoms. The number of nitrogens with zero attached hydrogens (tertiary/aromatic N) is 1. The molecule has 0 aliphatic heterocycles. The van der Waals surface area contributed by atoms with Crippen LogP contribution in [0.2, 0.25) is 0 Å². The molecule has 0 aliphatic carbocycles. The number of rotatable bonds is 5. The highest BCUT2D eigenvalue weighted by molar-refractivity contribution is 7.09. The van der Waals surface area contributed by atoms with Crippen molar-refractivity contribution in [3.05, 3.63) is 40.2 Å². The third kappa shape index (κ3) is 2.89. The smallest absolute Gasteiger partial charge is 0.118 e. The van der Waals surface area contributed by atoms with Gasteiger partial charge in [0.2, 0.25) is 0 Å². The number of thiazole rings is 1. The number of hydrogen-bond acceptors (Lipinski definition) is 5. The predicted octanol–water partition coefficient (Wildman–Crippen LogP) is 1.48. The van der Waals surface area contributed by atoms with E-state index in [1.165, 1.54) is 0 Å². The summed E-state index contributed by atoms with van der Waals surface area (Å²) in [5.41, 5.74) is 5.45. The molecule has 0 amide bonds. The minimum absolute atomic E-state index is 0.451. The molecule has 0 radical (unpaired) electrons. The second-order valence-corrected chi connectivity index (χ2v) is 4.08. The molecule has 0 fully saturated rings. The Kier molecular flexibility index (Phi) is 3.49. The maximum Gasteiger partial charge on any atom is 0.118 e. The van der Waals surface area contributed by atoms with Crippen LogP contribution in [0, 0.1) is 0 Å². The lowest BCUT2D eigenvalue weighted by Crippen LogP contribution is -2.11. The minimum Gasteiger partial charge on any atom is -0.463 e. The monoisotopic (exact) mass is 223 g/mol. The van der Waals surface area contributed by atoms with Crippen LogP contribution in [0.15, 0.2) is 28.1 Å². The molecule has 0 saturated carbocycles. The van der Waals surface area contributed by atoms with E-state index in [9.17, 15) is 0 Å². The van der Waals surface area contributed by atoms with Crippen LogP contribution in [-0.4, -0.2) is 4.98 Å². The molecule has 0 spiro atoms. The van der Waals surface area contributed by atoms with Gasteiger partial charge in [-0.25, -0.2) is 4.98 Å². The van der Waals surface area contributed by atoms with Crippen LogP contribution >= 0.6 is 11.3 Å². The van der Waals surface area contributed by atoms with Gasteiger partial charge in [0, 0.05) is 18.1 Å². The normalized spacial score (nSPS) is 10.7. The average Bonchev–Trinajstić information content (AvgIpc) is 2.88. The van der Waals surface area contributed by atoms with Gasteiger partial charge in [-0.15, -0.1) is 11.3 Å². The SMILES string of the molecule is NCc1ccc(CNCc2nccs2)o1. The quantitative estimate of drug-likeness (QED) is 0.806. The molecule has 0 aliphatic rings. The van der Waals surface area contributed by atoms with Gasteiger partial charge in [0.1, 0.15) is 16.5 Å². The first kappa shape index (κ1) is 10.4. The Bertz CT molecular complexity index is 396. The van der Waals surface area contributed by atoms with Crippen molar-refractivity contribution < 1.29 is 4.42 Å². The summed E-state index contributed by atoms with van der Waals surface area (Å²) in [6.07, 6.45) is 1.81. The van der Waals surface area contributed by atoms with Crippen molar-refractivity contribution in [1.82, 2.24) is 10.3 Å². The van der Waals surface area contributed by atoms with Crippen LogP contribution in [-0.2, 0) is 19.6 Å². The maximum atomic E-state index is 5.45. The molecular formula is C10H13N3OS. The fourth-order valence-corrected chi connectivity index (χ4v) is 1.85. The van der Waals surface area contributed by atoms with E-state index >= 15 is 0 Å². The third-order valence-corrected chi connectivity index (χ3v) is 2.76. The summed E-state index contributed by atoms with van der Waals surface area (Å²) in [5, 5.41) is 6.31. The summed E-state index contributed by atoms with van der Waals surface area (Å²) in [6, 6.07) is 3.84. The zero-order chi connectivity index (χ0) is 10.5. The predicted molar refractivity (Wildman–Crippen MR) is 59.3 cm³/mol. The van der Waals surface area contributed by atoms with Crippen molar-refractivity contribution in [2.75, 3.05) is 0 Å². The van der Waals surface area contributed by atoms with Gasteiger partial charge in [-0.2, -0.15) is 0 Å². The van der Waals surface area contributed by atoms with Crippen molar-refractivity contribution in [3.8, 4) is 0 Å². The molecular weight excluding hydrogens is 210 g/mol. The zero-order valence-corrected chi connectivity index (χ0v) is 9.09. The number of aromatic nitrogens is 1. The molecule has 2 aromatic rings. The lowest BCUT2D eigenvalue weighted by Gasteiger charge is -1.98. The van der Waals surface area contributed by atoms with E-state index in [-0.39, 0.29) is 0 Å². The van der Waals surface area contributed by atoms with Crippen LogP contribution in [0.4, 0.5) is 0 Å². The molecule has 0 atom stereocenters. The zero-order valence-electron chi connectivity index (χ0n) is 8.27. The number of hydrogen-bond donors (Lipinski definition) is 2. The average molecular weight is 223 g/mol. The van der Waals surface area contributed by atoms with Crippen molar-refractivity contribution in [1.29, 1.82) is 0 Å². The fourth-order valence-electron chi connectivity index (χ4n) is 1.26. The van der Waals surface area contributed by atoms with Gasteiger partial charge < -0.3 is 15.5 Å². The Labute approximate surface area is 92.1 Å². The first-order chi connectivity index (χ1) is 7.38. The van der Waals surface area contributed by atoms with E-state index in [2.05, 4.69) is 10.3 Å². The van der Waals surface area contributed by atoms with Gasteiger partial charge in [-0.1, -0.05) is 0 Å². The van der Waals surface area contributed by atoms with Crippen LogP contribution in [0.5, 0.6) is 0 Å². The molecule has 80 valence electrons. The summed E-state index contributed by atoms with van der Waals surface area (Å²) < 4.78 is 5.45. The highest BCUT2D eigenvalue weighted by atomic mass is 32.1. The highest BCUT2D eigenvalue weighted by Crippen LogP contribution is 2.07. The minimum atomic E-state index is 0.451. The summed E-state index contributed by atoms with van der Waals surface area (Å²) in [4.78, 5) is 4.17. The van der Waals surface area contributed by atoms with Crippen LogP contribution in [0.1, 0.15) is 16.5 Å². The molecule has 2 rings (SSSR count). The Morgan fingerprint density at radius 3 is 2.87 bits per heavy atom. The Morgan fingerprint density at radius 1 is 1.33 bits per heavy atom. The largest absolute Gasteiger partial charge is 0.463 e. The van der Waals surface area contributed by atoms with E-state index < -0.39 is 0 Å². The van der Waals surface area contributed by atoms with Crippen molar-refractivity contribution in [2.24, 2.45) is 5.73 Å². The number of furan rings is 1. The van der Waals surface area contributed by atoms with Gasteiger partial charge in [0.25, 0.3) is 0 Å². The van der Waals surface area contributed by atoms with Crippen molar-refractivity contribution in [2.45, 2.75) is 19.6 Å². The highest BCUT2D eigenvalue weighted by Gasteiger charge is 2.00. The fraction of sp³-hybridized carbons (Fsp3) is 0.300. The molecule has 0 unspecified atom stereocenters. The lowest BCUT2D eigenvalue weighted by molar-refractivity contribution is 0.448. The van der Waals surface area contributed by atoms with Crippen LogP contribution in [0.3, 0.4) is 0 Å². The third-order valence-electron chi connectivity index (χ3n) is 1.98. The lowest BCUT2D eigenvalue weighted by atomic mass is 10.4. The van der Waals surface area contributed by atoms with Gasteiger partial charge in [0.15, 0.2) is 0 Å². The molecule has 0 saturated heterocycles. The molecule has 3 N–H and O–H groups in total.